The van der Waals surface area contributed by atoms with Gasteiger partial charge in [0.15, 0.2) is 0 Å². The van der Waals surface area contributed by atoms with Crippen LogP contribution in [0.4, 0.5) is 0 Å². The Bertz CT molecular complexity index is 1090. The summed E-state index contributed by atoms with van der Waals surface area (Å²) in [5.41, 5.74) is 6.22. The van der Waals surface area contributed by atoms with Crippen molar-refractivity contribution in [2.24, 2.45) is 0 Å². The van der Waals surface area contributed by atoms with Gasteiger partial charge in [-0.15, -0.1) is 0 Å². The van der Waals surface area contributed by atoms with Crippen molar-refractivity contribution in [1.29, 1.82) is 0 Å². The Morgan fingerprint density at radius 3 is 2.53 bits per heavy atom. The van der Waals surface area contributed by atoms with E-state index in [9.17, 15) is 14.4 Å². The molecule has 0 radical (unpaired) electrons. The van der Waals surface area contributed by atoms with Crippen LogP contribution in [0.1, 0.15) is 28.8 Å². The van der Waals surface area contributed by atoms with Crippen molar-refractivity contribution in [3.8, 4) is 0 Å². The zero-order chi connectivity index (χ0) is 22.9. The molecule has 1 aliphatic rings. The molecule has 1 heterocycles. The summed E-state index contributed by atoms with van der Waals surface area (Å²) in [6.45, 7) is 0.329. The molecular weight excluding hydrogens is 510 g/mol. The summed E-state index contributed by atoms with van der Waals surface area (Å²) in [6, 6.07) is 16.7. The number of halogens is 1. The number of carbonyl (C=O) groups excluding carboxylic acids is 3. The van der Waals surface area contributed by atoms with Crippen LogP contribution in [0.2, 0.25) is 0 Å². The van der Waals surface area contributed by atoms with E-state index in [-0.39, 0.29) is 18.2 Å². The number of benzene rings is 2. The number of nitrogens with one attached hydrogen (secondary N) is 2. The van der Waals surface area contributed by atoms with Crippen molar-refractivity contribution in [3.63, 3.8) is 0 Å². The molecule has 9 heteroatoms. The van der Waals surface area contributed by atoms with Crippen molar-refractivity contribution < 1.29 is 14.4 Å². The lowest BCUT2D eigenvalue weighted by molar-refractivity contribution is -0.124. The molecule has 6 nitrogen and oxygen atoms in total. The molecule has 0 spiro atoms. The number of hydrogen-bond donors (Lipinski definition) is 2. The Hall–Kier alpha value is -2.75. The highest BCUT2D eigenvalue weighted by atomic mass is 79.9. The van der Waals surface area contributed by atoms with Crippen LogP contribution < -0.4 is 10.9 Å². The number of carbonyl (C=O) groups is 3. The Labute approximate surface area is 204 Å². The molecule has 0 bridgehead atoms. The van der Waals surface area contributed by atoms with Crippen LogP contribution in [0.25, 0.3) is 6.08 Å². The molecule has 2 N–H and O–H groups in total. The highest BCUT2D eigenvalue weighted by Crippen LogP contribution is 2.31. The van der Waals surface area contributed by atoms with Gasteiger partial charge in [0.05, 0.1) is 10.5 Å². The Balaban J connectivity index is 1.43. The second kappa shape index (κ2) is 11.8. The fourth-order valence-corrected chi connectivity index (χ4v) is 4.54. The molecule has 3 amide bonds. The second-order valence-electron chi connectivity index (χ2n) is 6.71. The van der Waals surface area contributed by atoms with Gasteiger partial charge in [0.2, 0.25) is 5.91 Å². The van der Waals surface area contributed by atoms with Gasteiger partial charge in [0.1, 0.15) is 4.32 Å². The average Bonchev–Trinajstić information content (AvgIpc) is 3.06. The fraction of sp³-hybridized carbons (Fsp3) is 0.130. The minimum Gasteiger partial charge on any atom is -0.293 e. The number of nitrogens with zero attached hydrogens (tertiary/aromatic N) is 1. The zero-order valence-corrected chi connectivity index (χ0v) is 20.1. The number of hydrogen-bond acceptors (Lipinski definition) is 5. The third-order valence-electron chi connectivity index (χ3n) is 4.43. The quantitative estimate of drug-likeness (QED) is 0.314. The molecule has 1 aliphatic heterocycles. The largest absolute Gasteiger partial charge is 0.293 e. The summed E-state index contributed by atoms with van der Waals surface area (Å²) in [5.74, 6) is -0.936. The van der Waals surface area contributed by atoms with E-state index in [4.69, 9.17) is 12.2 Å². The fourth-order valence-electron chi connectivity index (χ4n) is 2.82. The van der Waals surface area contributed by atoms with Crippen LogP contribution in [-0.4, -0.2) is 33.5 Å². The van der Waals surface area contributed by atoms with E-state index >= 15 is 0 Å². The second-order valence-corrected chi connectivity index (χ2v) is 9.24. The lowest BCUT2D eigenvalue weighted by Crippen LogP contribution is -2.42. The first-order chi connectivity index (χ1) is 15.5. The average molecular weight is 530 g/mol. The summed E-state index contributed by atoms with van der Waals surface area (Å²) in [4.78, 5) is 38.8. The SMILES string of the molecule is O=C(CCCN1C(=O)C(=CC=Cc2ccccc2)SC1=S)NNC(=O)c1ccccc1Br. The van der Waals surface area contributed by atoms with Gasteiger partial charge in [-0.3, -0.25) is 30.1 Å². The van der Waals surface area contributed by atoms with Crippen LogP contribution in [0, 0.1) is 0 Å². The zero-order valence-electron chi connectivity index (χ0n) is 16.9. The smallest absolute Gasteiger partial charge is 0.270 e. The summed E-state index contributed by atoms with van der Waals surface area (Å²) in [6.07, 6.45) is 6.04. The van der Waals surface area contributed by atoms with Gasteiger partial charge in [0.25, 0.3) is 11.8 Å². The molecule has 1 fully saturated rings. The maximum Gasteiger partial charge on any atom is 0.270 e. The van der Waals surface area contributed by atoms with Crippen LogP contribution in [0.3, 0.4) is 0 Å². The summed E-state index contributed by atoms with van der Waals surface area (Å²) in [7, 11) is 0. The molecule has 0 atom stereocenters. The topological polar surface area (TPSA) is 78.5 Å². The van der Waals surface area contributed by atoms with E-state index < -0.39 is 5.91 Å². The van der Waals surface area contributed by atoms with Gasteiger partial charge < -0.3 is 0 Å². The molecule has 0 unspecified atom stereocenters. The van der Waals surface area contributed by atoms with Crippen LogP contribution in [0.15, 0.2) is 76.1 Å². The highest BCUT2D eigenvalue weighted by Gasteiger charge is 2.31. The molecule has 0 saturated carbocycles. The van der Waals surface area contributed by atoms with E-state index in [1.165, 1.54) is 16.7 Å². The first-order valence-electron chi connectivity index (χ1n) is 9.76. The van der Waals surface area contributed by atoms with Crippen molar-refractivity contribution in [2.45, 2.75) is 12.8 Å². The minimum atomic E-state index is -0.420. The molecule has 2 aromatic rings. The highest BCUT2D eigenvalue weighted by molar-refractivity contribution is 9.10. The predicted molar refractivity (Wildman–Crippen MR) is 134 cm³/mol. The number of rotatable bonds is 7. The molecular formula is C23H20BrN3O3S2. The number of allylic oxidation sites excluding steroid dienone is 2. The molecule has 0 aromatic heterocycles. The lowest BCUT2D eigenvalue weighted by Gasteiger charge is -2.14. The van der Waals surface area contributed by atoms with Crippen molar-refractivity contribution >= 4 is 68.0 Å². The first-order valence-corrected chi connectivity index (χ1v) is 11.8. The maximum absolute atomic E-state index is 12.6. The molecule has 0 aliphatic carbocycles. The van der Waals surface area contributed by atoms with E-state index in [1.54, 1.807) is 30.3 Å². The Kier molecular flexibility index (Phi) is 8.78. The lowest BCUT2D eigenvalue weighted by atomic mass is 10.2. The van der Waals surface area contributed by atoms with Gasteiger partial charge in [-0.25, -0.2) is 0 Å². The predicted octanol–water partition coefficient (Wildman–Crippen LogP) is 4.45. The monoisotopic (exact) mass is 529 g/mol. The van der Waals surface area contributed by atoms with E-state index in [0.29, 0.717) is 32.2 Å². The van der Waals surface area contributed by atoms with Crippen molar-refractivity contribution in [3.05, 3.63) is 87.3 Å². The molecule has 164 valence electrons. The molecule has 3 rings (SSSR count). The minimum absolute atomic E-state index is 0.139. The summed E-state index contributed by atoms with van der Waals surface area (Å²) < 4.78 is 1.10. The number of hydrazine groups is 1. The molecule has 2 aromatic carbocycles. The van der Waals surface area contributed by atoms with Gasteiger partial charge in [-0.1, -0.05) is 78.6 Å². The number of thioether (sulfide) groups is 1. The van der Waals surface area contributed by atoms with Crippen LogP contribution in [-0.2, 0) is 9.59 Å². The summed E-state index contributed by atoms with van der Waals surface area (Å²) >= 11 is 9.85. The van der Waals surface area contributed by atoms with E-state index in [2.05, 4.69) is 26.8 Å². The van der Waals surface area contributed by atoms with Crippen molar-refractivity contribution in [2.75, 3.05) is 6.54 Å². The number of amides is 3. The van der Waals surface area contributed by atoms with Crippen LogP contribution in [0.5, 0.6) is 0 Å². The Morgan fingerprint density at radius 1 is 1.06 bits per heavy atom. The normalized spacial score (nSPS) is 14.9. The Morgan fingerprint density at radius 2 is 1.78 bits per heavy atom. The molecule has 1 saturated heterocycles. The van der Waals surface area contributed by atoms with Crippen molar-refractivity contribution in [1.82, 2.24) is 15.8 Å². The van der Waals surface area contributed by atoms with E-state index in [1.807, 2.05) is 42.5 Å². The first kappa shape index (κ1) is 23.9. The van der Waals surface area contributed by atoms with Gasteiger partial charge in [0, 0.05) is 17.4 Å². The number of thiocarbonyl (C=S) groups is 1. The van der Waals surface area contributed by atoms with Crippen LogP contribution >= 0.6 is 39.9 Å². The van der Waals surface area contributed by atoms with E-state index in [0.717, 1.165) is 5.56 Å². The third-order valence-corrected chi connectivity index (χ3v) is 6.52. The summed E-state index contributed by atoms with van der Waals surface area (Å²) in [5, 5.41) is 0. The maximum atomic E-state index is 12.6. The third kappa shape index (κ3) is 6.62. The standard InChI is InChI=1S/C23H20BrN3O3S2/c24-18-12-5-4-11-17(18)21(29)26-25-20(28)14-7-15-27-22(30)19(32-23(27)31)13-6-10-16-8-2-1-3-9-16/h1-6,8-13H,7,14-15H2,(H,25,28)(H,26,29). The van der Waals surface area contributed by atoms with Gasteiger partial charge in [-0.05, 0) is 46.1 Å². The van der Waals surface area contributed by atoms with Gasteiger partial charge in [-0.2, -0.15) is 0 Å². The van der Waals surface area contributed by atoms with Gasteiger partial charge >= 0.3 is 0 Å². The molecule has 32 heavy (non-hydrogen) atoms.